The van der Waals surface area contributed by atoms with Crippen LogP contribution in [0.4, 0.5) is 0 Å². The lowest BCUT2D eigenvalue weighted by atomic mass is 9.88. The maximum atomic E-state index is 12.6. The summed E-state index contributed by atoms with van der Waals surface area (Å²) < 4.78 is 11.6. The Balaban J connectivity index is 1.72. The Morgan fingerprint density at radius 1 is 1.19 bits per heavy atom. The van der Waals surface area contributed by atoms with Gasteiger partial charge in [0.1, 0.15) is 5.70 Å². The Bertz CT molecular complexity index is 628. The Hall–Kier alpha value is -2.08. The quantitative estimate of drug-likeness (QED) is 0.743. The Kier molecular flexibility index (Phi) is 2.85. The van der Waals surface area contributed by atoms with E-state index in [-0.39, 0.29) is 18.9 Å². The van der Waals surface area contributed by atoms with E-state index in [0.717, 1.165) is 35.5 Å². The highest BCUT2D eigenvalue weighted by atomic mass is 16.7. The molecular weight excluding hydrogens is 272 g/mol. The van der Waals surface area contributed by atoms with Gasteiger partial charge in [-0.3, -0.25) is 0 Å². The lowest BCUT2D eigenvalue weighted by molar-refractivity contribution is -0.536. The van der Waals surface area contributed by atoms with E-state index in [1.807, 2.05) is 0 Å². The molecule has 2 aliphatic heterocycles. The minimum atomic E-state index is -0.248. The zero-order valence-electron chi connectivity index (χ0n) is 11.5. The molecule has 0 radical (unpaired) electrons. The summed E-state index contributed by atoms with van der Waals surface area (Å²) in [6.07, 6.45) is 4.99. The fourth-order valence-electron chi connectivity index (χ4n) is 3.37. The maximum absolute atomic E-state index is 12.6. The molecule has 1 aromatic carbocycles. The predicted molar refractivity (Wildman–Crippen MR) is 75.4 cm³/mol. The number of ether oxygens (including phenoxy) is 2. The molecule has 1 aromatic rings. The number of hydrogen-bond donors (Lipinski definition) is 0. The fraction of sp³-hybridized carbons (Fsp3) is 0.467. The molecule has 1 saturated carbocycles. The van der Waals surface area contributed by atoms with Gasteiger partial charge in [0.2, 0.25) is 19.0 Å². The molecule has 2 atom stereocenters. The first-order valence-corrected chi connectivity index (χ1v) is 7.28. The summed E-state index contributed by atoms with van der Waals surface area (Å²) >= 11 is 0. The lowest BCUT2D eigenvalue weighted by Crippen LogP contribution is -2.49. The summed E-state index contributed by atoms with van der Waals surface area (Å²) in [5, 5.41) is 13.6. The smallest absolute Gasteiger partial charge is 0.244 e. The minimum absolute atomic E-state index is 0.192. The molecule has 6 heteroatoms. The van der Waals surface area contributed by atoms with E-state index in [1.54, 1.807) is 18.2 Å². The second-order valence-corrected chi connectivity index (χ2v) is 5.69. The van der Waals surface area contributed by atoms with Crippen molar-refractivity contribution in [2.24, 2.45) is 0 Å². The molecule has 6 nitrogen and oxygen atoms in total. The van der Waals surface area contributed by atoms with E-state index in [9.17, 15) is 10.1 Å². The van der Waals surface area contributed by atoms with E-state index in [0.29, 0.717) is 22.8 Å². The number of rotatable bonds is 1. The molecule has 0 amide bonds. The van der Waals surface area contributed by atoms with Crippen LogP contribution in [0.1, 0.15) is 31.2 Å². The average Bonchev–Trinajstić information content (AvgIpc) is 2.98. The highest BCUT2D eigenvalue weighted by Gasteiger charge is 2.42. The van der Waals surface area contributed by atoms with Crippen molar-refractivity contribution in [1.29, 1.82) is 0 Å². The molecule has 0 saturated heterocycles. The molecular formula is C15H16N2O4. The topological polar surface area (TPSA) is 64.8 Å². The van der Waals surface area contributed by atoms with Gasteiger partial charge in [0.15, 0.2) is 11.5 Å². The highest BCUT2D eigenvalue weighted by molar-refractivity contribution is 5.67. The van der Waals surface area contributed by atoms with Crippen LogP contribution in [0.25, 0.3) is 5.70 Å². The van der Waals surface area contributed by atoms with Crippen molar-refractivity contribution in [3.8, 4) is 11.5 Å². The summed E-state index contributed by atoms with van der Waals surface area (Å²) in [6.45, 7) is 0.192. The average molecular weight is 288 g/mol. The van der Waals surface area contributed by atoms with Gasteiger partial charge in [-0.1, -0.05) is 6.42 Å². The van der Waals surface area contributed by atoms with E-state index >= 15 is 0 Å². The Labute approximate surface area is 122 Å². The molecule has 0 unspecified atom stereocenters. The van der Waals surface area contributed by atoms with Gasteiger partial charge in [-0.2, -0.15) is 0 Å². The van der Waals surface area contributed by atoms with E-state index in [2.05, 4.69) is 0 Å². The summed E-state index contributed by atoms with van der Waals surface area (Å²) in [5.41, 5.74) is 1.10. The first-order chi connectivity index (χ1) is 10.2. The largest absolute Gasteiger partial charge is 0.758 e. The van der Waals surface area contributed by atoms with Crippen molar-refractivity contribution in [3.63, 3.8) is 0 Å². The monoisotopic (exact) mass is 288 g/mol. The molecule has 21 heavy (non-hydrogen) atoms. The van der Waals surface area contributed by atoms with Crippen LogP contribution in [-0.4, -0.2) is 28.7 Å². The van der Waals surface area contributed by atoms with Gasteiger partial charge in [0.25, 0.3) is 0 Å². The van der Waals surface area contributed by atoms with Gasteiger partial charge in [-0.15, -0.1) is 0 Å². The maximum Gasteiger partial charge on any atom is 0.244 e. The molecule has 0 spiro atoms. The first-order valence-electron chi connectivity index (χ1n) is 7.28. The summed E-state index contributed by atoms with van der Waals surface area (Å²) in [5.74, 6) is 1.28. The number of hydrogen-bond acceptors (Lipinski definition) is 5. The number of nitrogens with zero attached hydrogens (tertiary/aromatic N) is 2. The van der Waals surface area contributed by atoms with Crippen molar-refractivity contribution in [1.82, 2.24) is 5.06 Å². The number of hydroxylamine groups is 2. The first kappa shape index (κ1) is 12.6. The van der Waals surface area contributed by atoms with Crippen LogP contribution in [0, 0.1) is 10.1 Å². The van der Waals surface area contributed by atoms with Crippen LogP contribution >= 0.6 is 0 Å². The van der Waals surface area contributed by atoms with Crippen LogP contribution in [-0.2, 0) is 0 Å². The van der Waals surface area contributed by atoms with Crippen LogP contribution in [0.2, 0.25) is 0 Å². The molecule has 110 valence electrons. The van der Waals surface area contributed by atoms with Gasteiger partial charge in [-0.05, 0) is 31.0 Å². The summed E-state index contributed by atoms with van der Waals surface area (Å²) in [6, 6.07) is 4.86. The van der Waals surface area contributed by atoms with Crippen molar-refractivity contribution in [2.75, 3.05) is 6.79 Å². The summed E-state index contributed by atoms with van der Waals surface area (Å²) in [4.78, 5) is 12.2. The normalized spacial score (nSPS) is 27.4. The number of fused-ring (bicyclic) bond motifs is 2. The van der Waals surface area contributed by atoms with Crippen molar-refractivity contribution in [3.05, 3.63) is 40.1 Å². The third-order valence-corrected chi connectivity index (χ3v) is 4.48. The molecule has 0 N–H and O–H groups in total. The SMILES string of the molecule is O=[N+]1C=C(c2ccc3c(c2)OCO3)N([O-])[C@@H]2CCCC[C@@H]21. The minimum Gasteiger partial charge on any atom is -0.758 e. The Morgan fingerprint density at radius 2 is 2.00 bits per heavy atom. The third-order valence-electron chi connectivity index (χ3n) is 4.48. The van der Waals surface area contributed by atoms with Gasteiger partial charge in [0, 0.05) is 21.7 Å². The zero-order chi connectivity index (χ0) is 14.4. The van der Waals surface area contributed by atoms with Gasteiger partial charge >= 0.3 is 0 Å². The van der Waals surface area contributed by atoms with Crippen LogP contribution in [0.5, 0.6) is 11.5 Å². The molecule has 1 fully saturated rings. The predicted octanol–water partition coefficient (Wildman–Crippen LogP) is 2.62. The van der Waals surface area contributed by atoms with E-state index in [4.69, 9.17) is 9.47 Å². The van der Waals surface area contributed by atoms with E-state index in [1.165, 1.54) is 6.20 Å². The third kappa shape index (κ3) is 1.98. The number of benzene rings is 1. The molecule has 3 aliphatic rings. The van der Waals surface area contributed by atoms with Crippen LogP contribution in [0.3, 0.4) is 0 Å². The zero-order valence-corrected chi connectivity index (χ0v) is 11.5. The molecule has 2 heterocycles. The summed E-state index contributed by atoms with van der Waals surface area (Å²) in [7, 11) is 0. The van der Waals surface area contributed by atoms with Gasteiger partial charge < -0.3 is 19.7 Å². The van der Waals surface area contributed by atoms with Crippen molar-refractivity contribution in [2.45, 2.75) is 37.8 Å². The van der Waals surface area contributed by atoms with Crippen molar-refractivity contribution < 1.29 is 14.2 Å². The standard InChI is InChI=1S/C15H16N2O4/c18-16-8-13(17(19)12-4-2-1-3-11(12)16)10-5-6-14-15(7-10)21-9-20-14/h5-8,11-12H,1-4,9H2/t11-,12+/m0/s1. The second-order valence-electron chi connectivity index (χ2n) is 5.69. The Morgan fingerprint density at radius 3 is 2.90 bits per heavy atom. The molecule has 0 bridgehead atoms. The van der Waals surface area contributed by atoms with Gasteiger partial charge in [-0.25, -0.2) is 0 Å². The molecule has 1 aliphatic carbocycles. The van der Waals surface area contributed by atoms with Crippen LogP contribution < -0.4 is 9.47 Å². The number of nitroso groups, excluding NO2 is 1. The second kappa shape index (κ2) is 4.73. The van der Waals surface area contributed by atoms with Gasteiger partial charge in [0.05, 0.1) is 6.04 Å². The fourth-order valence-corrected chi connectivity index (χ4v) is 3.37. The van der Waals surface area contributed by atoms with E-state index < -0.39 is 0 Å². The highest BCUT2D eigenvalue weighted by Crippen LogP contribution is 2.38. The van der Waals surface area contributed by atoms with Crippen LogP contribution in [0.15, 0.2) is 24.4 Å². The molecule has 4 rings (SSSR count). The lowest BCUT2D eigenvalue weighted by Gasteiger charge is -2.44. The molecule has 0 aromatic heterocycles. The van der Waals surface area contributed by atoms with Crippen molar-refractivity contribution >= 4 is 5.70 Å².